The number of carbonyl (C=O) groups excluding carboxylic acids is 2. The fourth-order valence-corrected chi connectivity index (χ4v) is 4.28. The summed E-state index contributed by atoms with van der Waals surface area (Å²) in [5, 5.41) is 0. The fourth-order valence-electron chi connectivity index (χ4n) is 4.28. The molecule has 0 N–H and O–H groups in total. The molecule has 1 spiro atoms. The molecule has 2 aliphatic rings. The summed E-state index contributed by atoms with van der Waals surface area (Å²) in [5.74, 6) is 0.759. The molecule has 2 saturated heterocycles. The normalized spacial score (nSPS) is 19.2. The number of aromatic nitrogens is 1. The van der Waals surface area contributed by atoms with Crippen molar-refractivity contribution in [2.45, 2.75) is 31.5 Å². The Hall–Kier alpha value is -2.93. The molecule has 0 atom stereocenters. The van der Waals surface area contributed by atoms with Gasteiger partial charge in [0.2, 0.25) is 0 Å². The zero-order chi connectivity index (χ0) is 20.4. The van der Waals surface area contributed by atoms with Gasteiger partial charge < -0.3 is 9.64 Å². The first-order valence-electron chi connectivity index (χ1n) is 9.87. The van der Waals surface area contributed by atoms with Crippen LogP contribution >= 0.6 is 0 Å². The second-order valence-corrected chi connectivity index (χ2v) is 7.75. The van der Waals surface area contributed by atoms with E-state index in [0.717, 1.165) is 30.9 Å². The van der Waals surface area contributed by atoms with Crippen molar-refractivity contribution in [1.29, 1.82) is 0 Å². The number of benzene rings is 1. The quantitative estimate of drug-likeness (QED) is 0.729. The Balaban J connectivity index is 1.42. The van der Waals surface area contributed by atoms with Gasteiger partial charge in [-0.1, -0.05) is 18.2 Å². The SMILES string of the molecule is COc1ccc(CN2CCC3(CC2)C(=O)N(Cc2cccnc2)C(=O)N3C)cc1. The van der Waals surface area contributed by atoms with Crippen LogP contribution < -0.4 is 4.74 Å². The molecule has 0 saturated carbocycles. The standard InChI is InChI=1S/C22H26N4O3/c1-24-21(28)26(16-18-4-3-11-23-14-18)20(27)22(24)9-12-25(13-10-22)15-17-5-7-19(29-2)8-6-17/h3-8,11,14H,9-10,12-13,15-16H2,1-2H3. The third-order valence-corrected chi connectivity index (χ3v) is 6.12. The van der Waals surface area contributed by atoms with E-state index < -0.39 is 5.54 Å². The summed E-state index contributed by atoms with van der Waals surface area (Å²) in [6.07, 6.45) is 4.67. The monoisotopic (exact) mass is 394 g/mol. The first-order valence-corrected chi connectivity index (χ1v) is 9.87. The molecule has 7 nitrogen and oxygen atoms in total. The number of rotatable bonds is 5. The summed E-state index contributed by atoms with van der Waals surface area (Å²) in [4.78, 5) is 35.5. The van der Waals surface area contributed by atoms with Crippen LogP contribution in [-0.4, -0.2) is 64.4 Å². The number of carbonyl (C=O) groups is 2. The molecule has 0 radical (unpaired) electrons. The number of piperidine rings is 1. The molecule has 4 rings (SSSR count). The maximum atomic E-state index is 13.3. The average molecular weight is 394 g/mol. The predicted molar refractivity (Wildman–Crippen MR) is 108 cm³/mol. The molecule has 2 aliphatic heterocycles. The van der Waals surface area contributed by atoms with Crippen molar-refractivity contribution in [1.82, 2.24) is 19.7 Å². The topological polar surface area (TPSA) is 66.0 Å². The van der Waals surface area contributed by atoms with Gasteiger partial charge in [0, 0.05) is 39.1 Å². The van der Waals surface area contributed by atoms with E-state index in [1.165, 1.54) is 10.5 Å². The lowest BCUT2D eigenvalue weighted by atomic mass is 9.86. The zero-order valence-corrected chi connectivity index (χ0v) is 16.9. The summed E-state index contributed by atoms with van der Waals surface area (Å²) < 4.78 is 5.21. The number of likely N-dealkylation sites (tertiary alicyclic amines) is 1. The number of pyridine rings is 1. The molecule has 2 aromatic rings. The number of hydrogen-bond acceptors (Lipinski definition) is 5. The smallest absolute Gasteiger partial charge is 0.327 e. The van der Waals surface area contributed by atoms with Crippen molar-refractivity contribution in [3.63, 3.8) is 0 Å². The summed E-state index contributed by atoms with van der Waals surface area (Å²) in [6, 6.07) is 11.5. The van der Waals surface area contributed by atoms with Crippen molar-refractivity contribution in [2.75, 3.05) is 27.2 Å². The largest absolute Gasteiger partial charge is 0.497 e. The van der Waals surface area contributed by atoms with Crippen molar-refractivity contribution >= 4 is 11.9 Å². The third-order valence-electron chi connectivity index (χ3n) is 6.12. The highest BCUT2D eigenvalue weighted by Gasteiger charge is 2.56. The van der Waals surface area contributed by atoms with Gasteiger partial charge in [-0.05, 0) is 42.2 Å². The first kappa shape index (κ1) is 19.4. The van der Waals surface area contributed by atoms with Gasteiger partial charge in [-0.2, -0.15) is 0 Å². The fraction of sp³-hybridized carbons (Fsp3) is 0.409. The second-order valence-electron chi connectivity index (χ2n) is 7.75. The zero-order valence-electron chi connectivity index (χ0n) is 16.9. The Morgan fingerprint density at radius 3 is 2.38 bits per heavy atom. The molecular weight excluding hydrogens is 368 g/mol. The maximum absolute atomic E-state index is 13.3. The Bertz CT molecular complexity index is 877. The molecule has 3 heterocycles. The summed E-state index contributed by atoms with van der Waals surface area (Å²) in [7, 11) is 3.41. The van der Waals surface area contributed by atoms with Gasteiger partial charge in [0.25, 0.3) is 5.91 Å². The lowest BCUT2D eigenvalue weighted by Crippen LogP contribution is -2.55. The molecule has 0 bridgehead atoms. The number of amides is 3. The molecular formula is C22H26N4O3. The van der Waals surface area contributed by atoms with Gasteiger partial charge in [-0.25, -0.2) is 4.79 Å². The molecule has 3 amide bonds. The number of urea groups is 1. The van der Waals surface area contributed by atoms with E-state index in [2.05, 4.69) is 22.0 Å². The van der Waals surface area contributed by atoms with Crippen molar-refractivity contribution in [2.24, 2.45) is 0 Å². The first-order chi connectivity index (χ1) is 14.0. The van der Waals surface area contributed by atoms with Gasteiger partial charge in [0.1, 0.15) is 11.3 Å². The Kier molecular flexibility index (Phi) is 5.24. The second kappa shape index (κ2) is 7.83. The molecule has 152 valence electrons. The van der Waals surface area contributed by atoms with E-state index in [4.69, 9.17) is 4.74 Å². The van der Waals surface area contributed by atoms with E-state index in [1.807, 2.05) is 24.3 Å². The average Bonchev–Trinajstić information content (AvgIpc) is 2.93. The van der Waals surface area contributed by atoms with E-state index in [1.54, 1.807) is 31.5 Å². The van der Waals surface area contributed by atoms with Crippen molar-refractivity contribution in [3.8, 4) is 5.75 Å². The summed E-state index contributed by atoms with van der Waals surface area (Å²) in [5.41, 5.74) is 1.34. The summed E-state index contributed by atoms with van der Waals surface area (Å²) in [6.45, 7) is 2.64. The highest BCUT2D eigenvalue weighted by atomic mass is 16.5. The van der Waals surface area contributed by atoms with E-state index >= 15 is 0 Å². The lowest BCUT2D eigenvalue weighted by molar-refractivity contribution is -0.135. The van der Waals surface area contributed by atoms with E-state index in [9.17, 15) is 9.59 Å². The maximum Gasteiger partial charge on any atom is 0.327 e. The highest BCUT2D eigenvalue weighted by molar-refractivity contribution is 6.06. The number of likely N-dealkylation sites (N-methyl/N-ethyl adjacent to an activating group) is 1. The van der Waals surface area contributed by atoms with Gasteiger partial charge in [0.05, 0.1) is 13.7 Å². The van der Waals surface area contributed by atoms with Gasteiger partial charge in [0.15, 0.2) is 0 Å². The minimum absolute atomic E-state index is 0.0852. The van der Waals surface area contributed by atoms with Gasteiger partial charge >= 0.3 is 6.03 Å². The van der Waals surface area contributed by atoms with Crippen LogP contribution in [0.3, 0.4) is 0 Å². The minimum atomic E-state index is -0.726. The number of hydrogen-bond donors (Lipinski definition) is 0. The number of ether oxygens (including phenoxy) is 1. The highest BCUT2D eigenvalue weighted by Crippen LogP contribution is 2.37. The van der Waals surface area contributed by atoms with Gasteiger partial charge in [-0.15, -0.1) is 0 Å². The molecule has 0 unspecified atom stereocenters. The molecule has 29 heavy (non-hydrogen) atoms. The van der Waals surface area contributed by atoms with Crippen LogP contribution in [0.4, 0.5) is 4.79 Å². The number of methoxy groups -OCH3 is 1. The van der Waals surface area contributed by atoms with Crippen molar-refractivity contribution in [3.05, 3.63) is 59.9 Å². The summed E-state index contributed by atoms with van der Waals surface area (Å²) >= 11 is 0. The van der Waals surface area contributed by atoms with Crippen LogP contribution in [0.5, 0.6) is 5.75 Å². The molecule has 1 aromatic heterocycles. The minimum Gasteiger partial charge on any atom is -0.497 e. The lowest BCUT2D eigenvalue weighted by Gasteiger charge is -2.40. The molecule has 7 heteroatoms. The predicted octanol–water partition coefficient (Wildman–Crippen LogP) is 2.52. The van der Waals surface area contributed by atoms with Crippen LogP contribution in [-0.2, 0) is 17.9 Å². The van der Waals surface area contributed by atoms with Crippen LogP contribution in [0.25, 0.3) is 0 Å². The van der Waals surface area contributed by atoms with Gasteiger partial charge in [-0.3, -0.25) is 19.6 Å². The molecule has 1 aromatic carbocycles. The van der Waals surface area contributed by atoms with Crippen LogP contribution in [0.2, 0.25) is 0 Å². The third kappa shape index (κ3) is 3.58. The number of imide groups is 1. The van der Waals surface area contributed by atoms with Crippen molar-refractivity contribution < 1.29 is 14.3 Å². The molecule has 0 aliphatic carbocycles. The Morgan fingerprint density at radius 1 is 1.03 bits per heavy atom. The Morgan fingerprint density at radius 2 is 1.76 bits per heavy atom. The van der Waals surface area contributed by atoms with Crippen LogP contribution in [0.1, 0.15) is 24.0 Å². The van der Waals surface area contributed by atoms with E-state index in [-0.39, 0.29) is 18.5 Å². The van der Waals surface area contributed by atoms with Crippen LogP contribution in [0.15, 0.2) is 48.8 Å². The molecule has 2 fully saturated rings. The number of nitrogens with zero attached hydrogens (tertiary/aromatic N) is 4. The van der Waals surface area contributed by atoms with E-state index in [0.29, 0.717) is 12.8 Å². The Labute approximate surface area is 170 Å². The van der Waals surface area contributed by atoms with Crippen LogP contribution in [0, 0.1) is 0 Å².